The number of carbonyl (C=O) groups excluding carboxylic acids is 2. The molecule has 3 rings (SSSR count). The lowest BCUT2D eigenvalue weighted by Crippen LogP contribution is -2.44. The van der Waals surface area contributed by atoms with Gasteiger partial charge in [-0.1, -0.05) is 52.7 Å². The Kier molecular flexibility index (Phi) is 6.79. The number of carbonyl (C=O) groups is 2. The summed E-state index contributed by atoms with van der Waals surface area (Å²) in [5.41, 5.74) is 9.86. The fourth-order valence-corrected chi connectivity index (χ4v) is 2.83. The Labute approximate surface area is 175 Å². The largest absolute Gasteiger partial charge is 0.376 e. The van der Waals surface area contributed by atoms with Crippen molar-refractivity contribution in [2.75, 3.05) is 11.9 Å². The van der Waals surface area contributed by atoms with Crippen molar-refractivity contribution in [2.24, 2.45) is 0 Å². The highest BCUT2D eigenvalue weighted by molar-refractivity contribution is 5.84. The van der Waals surface area contributed by atoms with E-state index in [0.29, 0.717) is 11.7 Å². The van der Waals surface area contributed by atoms with Crippen molar-refractivity contribution in [2.45, 2.75) is 33.6 Å². The van der Waals surface area contributed by atoms with Crippen LogP contribution < -0.4 is 16.2 Å². The van der Waals surface area contributed by atoms with Crippen molar-refractivity contribution in [3.63, 3.8) is 0 Å². The van der Waals surface area contributed by atoms with Crippen molar-refractivity contribution in [1.29, 1.82) is 0 Å². The van der Waals surface area contributed by atoms with Gasteiger partial charge in [-0.3, -0.25) is 20.4 Å². The molecule has 30 heavy (non-hydrogen) atoms. The highest BCUT2D eigenvalue weighted by Gasteiger charge is 2.11. The number of hydrazine groups is 1. The third-order valence-corrected chi connectivity index (χ3v) is 4.51. The summed E-state index contributed by atoms with van der Waals surface area (Å²) < 4.78 is 5.19. The molecule has 3 aromatic rings. The molecule has 8 nitrogen and oxygen atoms in total. The van der Waals surface area contributed by atoms with Gasteiger partial charge in [0.2, 0.25) is 17.6 Å². The van der Waals surface area contributed by atoms with Crippen LogP contribution in [-0.2, 0) is 16.0 Å². The number of nitrogens with one attached hydrogen (secondary N) is 3. The summed E-state index contributed by atoms with van der Waals surface area (Å²) in [6.45, 7) is 6.03. The molecular formula is C22H25N5O3. The van der Waals surface area contributed by atoms with Crippen molar-refractivity contribution >= 4 is 17.5 Å². The number of aryl methyl sites for hydroxylation is 4. The summed E-state index contributed by atoms with van der Waals surface area (Å²) in [5.74, 6) is 0.160. The third-order valence-electron chi connectivity index (χ3n) is 4.51. The van der Waals surface area contributed by atoms with Gasteiger partial charge in [-0.05, 0) is 32.4 Å². The average Bonchev–Trinajstić information content (AvgIpc) is 3.19. The Morgan fingerprint density at radius 2 is 1.63 bits per heavy atom. The number of hydrogen-bond acceptors (Lipinski definition) is 6. The molecule has 0 unspecified atom stereocenters. The highest BCUT2D eigenvalue weighted by Crippen LogP contribution is 2.17. The van der Waals surface area contributed by atoms with Crippen molar-refractivity contribution in [1.82, 2.24) is 21.0 Å². The first-order valence-electron chi connectivity index (χ1n) is 9.69. The van der Waals surface area contributed by atoms with Gasteiger partial charge in [-0.25, -0.2) is 0 Å². The molecular weight excluding hydrogens is 382 g/mol. The molecule has 156 valence electrons. The topological polar surface area (TPSA) is 109 Å². The normalized spacial score (nSPS) is 10.5. The SMILES string of the molecule is Cc1ccc(-c2noc(CCC(=O)NNC(=O)CNc3ccc(C)cc3C)n2)cc1. The molecule has 0 saturated carbocycles. The number of rotatable bonds is 7. The Hall–Kier alpha value is -3.68. The van der Waals surface area contributed by atoms with Gasteiger partial charge in [0.15, 0.2) is 0 Å². The molecule has 1 aromatic heterocycles. The first kappa shape index (κ1) is 21.0. The Morgan fingerprint density at radius 1 is 0.933 bits per heavy atom. The van der Waals surface area contributed by atoms with Gasteiger partial charge < -0.3 is 9.84 Å². The second-order valence-electron chi connectivity index (χ2n) is 7.15. The lowest BCUT2D eigenvalue weighted by Gasteiger charge is -2.11. The zero-order valence-corrected chi connectivity index (χ0v) is 17.3. The van der Waals surface area contributed by atoms with Crippen LogP contribution in [0, 0.1) is 20.8 Å². The van der Waals surface area contributed by atoms with Crippen LogP contribution in [-0.4, -0.2) is 28.5 Å². The van der Waals surface area contributed by atoms with E-state index in [9.17, 15) is 9.59 Å². The van der Waals surface area contributed by atoms with Crippen LogP contribution in [0.1, 0.15) is 29.0 Å². The molecule has 0 aliphatic heterocycles. The minimum atomic E-state index is -0.345. The van der Waals surface area contributed by atoms with E-state index >= 15 is 0 Å². The maximum absolute atomic E-state index is 12.0. The van der Waals surface area contributed by atoms with Gasteiger partial charge in [0.1, 0.15) is 0 Å². The van der Waals surface area contributed by atoms with E-state index in [1.165, 1.54) is 0 Å². The molecule has 8 heteroatoms. The van der Waals surface area contributed by atoms with Crippen LogP contribution in [0.3, 0.4) is 0 Å². The molecule has 0 aliphatic rings. The summed E-state index contributed by atoms with van der Waals surface area (Å²) in [4.78, 5) is 28.2. The minimum absolute atomic E-state index is 0.0494. The van der Waals surface area contributed by atoms with E-state index < -0.39 is 0 Å². The number of benzene rings is 2. The van der Waals surface area contributed by atoms with Gasteiger partial charge in [-0.15, -0.1) is 0 Å². The van der Waals surface area contributed by atoms with Gasteiger partial charge in [0, 0.05) is 24.1 Å². The number of nitrogens with zero attached hydrogens (tertiary/aromatic N) is 2. The van der Waals surface area contributed by atoms with E-state index in [1.807, 2.05) is 63.2 Å². The quantitative estimate of drug-likeness (QED) is 0.520. The Morgan fingerprint density at radius 3 is 2.37 bits per heavy atom. The number of aromatic nitrogens is 2. The van der Waals surface area contributed by atoms with E-state index in [1.54, 1.807) is 0 Å². The van der Waals surface area contributed by atoms with Crippen molar-refractivity contribution in [3.05, 3.63) is 65.0 Å². The number of hydrogen-bond donors (Lipinski definition) is 3. The molecule has 3 N–H and O–H groups in total. The van der Waals surface area contributed by atoms with Crippen LogP contribution in [0.5, 0.6) is 0 Å². The second-order valence-corrected chi connectivity index (χ2v) is 7.15. The molecule has 0 spiro atoms. The molecule has 0 aliphatic carbocycles. The van der Waals surface area contributed by atoms with E-state index in [2.05, 4.69) is 26.3 Å². The molecule has 0 saturated heterocycles. The fourth-order valence-electron chi connectivity index (χ4n) is 2.83. The zero-order chi connectivity index (χ0) is 21.5. The average molecular weight is 407 g/mol. The molecule has 0 atom stereocenters. The maximum Gasteiger partial charge on any atom is 0.257 e. The fraction of sp³-hybridized carbons (Fsp3) is 0.273. The van der Waals surface area contributed by atoms with Crippen LogP contribution in [0.2, 0.25) is 0 Å². The first-order chi connectivity index (χ1) is 14.4. The summed E-state index contributed by atoms with van der Waals surface area (Å²) >= 11 is 0. The van der Waals surface area contributed by atoms with E-state index in [4.69, 9.17) is 4.52 Å². The minimum Gasteiger partial charge on any atom is -0.376 e. The van der Waals surface area contributed by atoms with E-state index in [-0.39, 0.29) is 31.2 Å². The van der Waals surface area contributed by atoms with Crippen LogP contribution in [0.4, 0.5) is 5.69 Å². The summed E-state index contributed by atoms with van der Waals surface area (Å²) in [6.07, 6.45) is 0.391. The lowest BCUT2D eigenvalue weighted by atomic mass is 10.1. The second kappa shape index (κ2) is 9.69. The summed E-state index contributed by atoms with van der Waals surface area (Å²) in [6, 6.07) is 13.7. The maximum atomic E-state index is 12.0. The van der Waals surface area contributed by atoms with Crippen LogP contribution >= 0.6 is 0 Å². The molecule has 2 amide bonds. The smallest absolute Gasteiger partial charge is 0.257 e. The van der Waals surface area contributed by atoms with Gasteiger partial charge in [0.25, 0.3) is 5.91 Å². The van der Waals surface area contributed by atoms with Crippen molar-refractivity contribution < 1.29 is 14.1 Å². The lowest BCUT2D eigenvalue weighted by molar-refractivity contribution is -0.128. The third kappa shape index (κ3) is 5.91. The summed E-state index contributed by atoms with van der Waals surface area (Å²) in [5, 5.41) is 6.98. The monoisotopic (exact) mass is 407 g/mol. The standard InChI is InChI=1S/C22H25N5O3/c1-14-4-7-17(8-5-14)22-24-21(30-27-22)11-10-19(28)25-26-20(29)13-23-18-9-6-15(2)12-16(18)3/h4-9,12,23H,10-11,13H2,1-3H3,(H,25,28)(H,26,29). The van der Waals surface area contributed by atoms with Crippen LogP contribution in [0.15, 0.2) is 47.0 Å². The molecule has 0 bridgehead atoms. The predicted octanol–water partition coefficient (Wildman–Crippen LogP) is 2.85. The van der Waals surface area contributed by atoms with E-state index in [0.717, 1.165) is 27.9 Å². The van der Waals surface area contributed by atoms with Gasteiger partial charge in [0.05, 0.1) is 6.54 Å². The Balaban J connectivity index is 1.39. The summed E-state index contributed by atoms with van der Waals surface area (Å²) in [7, 11) is 0. The molecule has 1 heterocycles. The highest BCUT2D eigenvalue weighted by atomic mass is 16.5. The number of anilines is 1. The van der Waals surface area contributed by atoms with Gasteiger partial charge >= 0.3 is 0 Å². The zero-order valence-electron chi connectivity index (χ0n) is 17.3. The van der Waals surface area contributed by atoms with Gasteiger partial charge in [-0.2, -0.15) is 4.98 Å². The van der Waals surface area contributed by atoms with Crippen LogP contribution in [0.25, 0.3) is 11.4 Å². The molecule has 0 radical (unpaired) electrons. The van der Waals surface area contributed by atoms with Crippen molar-refractivity contribution in [3.8, 4) is 11.4 Å². The first-order valence-corrected chi connectivity index (χ1v) is 9.69. The number of amides is 2. The predicted molar refractivity (Wildman–Crippen MR) is 113 cm³/mol. The molecule has 0 fully saturated rings. The molecule has 2 aromatic carbocycles. The Bertz CT molecular complexity index is 1030.